The van der Waals surface area contributed by atoms with Crippen LogP contribution in [0.3, 0.4) is 0 Å². The molecular formula is C19H25N3O3. The number of aryl methyl sites for hydroxylation is 1. The summed E-state index contributed by atoms with van der Waals surface area (Å²) in [6.07, 6.45) is 1.48. The standard InChI is InChI=1S/C19H25N3O3/c1-19(2,3)14-6-8-15(9-7-14)25-12-17-21-20-16-10-5-13(11-22(16)17)18(23)24-4/h6-9,13H,5,10-12H2,1-4H3/t13-/m0/s1. The summed E-state index contributed by atoms with van der Waals surface area (Å²) < 4.78 is 12.7. The number of hydrogen-bond donors (Lipinski definition) is 0. The van der Waals surface area contributed by atoms with Crippen LogP contribution in [0.1, 0.15) is 44.4 Å². The van der Waals surface area contributed by atoms with Gasteiger partial charge in [0.15, 0.2) is 5.82 Å². The van der Waals surface area contributed by atoms with E-state index in [2.05, 4.69) is 43.1 Å². The number of rotatable bonds is 4. The molecule has 0 amide bonds. The molecular weight excluding hydrogens is 318 g/mol. The summed E-state index contributed by atoms with van der Waals surface area (Å²) in [5, 5.41) is 8.44. The summed E-state index contributed by atoms with van der Waals surface area (Å²) in [5.41, 5.74) is 1.38. The molecule has 1 aromatic heterocycles. The first kappa shape index (κ1) is 17.5. The molecule has 0 bridgehead atoms. The van der Waals surface area contributed by atoms with Crippen molar-refractivity contribution in [3.8, 4) is 5.75 Å². The lowest BCUT2D eigenvalue weighted by Gasteiger charge is -2.22. The van der Waals surface area contributed by atoms with E-state index in [-0.39, 0.29) is 17.3 Å². The van der Waals surface area contributed by atoms with Crippen LogP contribution < -0.4 is 4.74 Å². The second-order valence-corrected chi connectivity index (χ2v) is 7.46. The predicted octanol–water partition coefficient (Wildman–Crippen LogP) is 2.89. The van der Waals surface area contributed by atoms with Crippen LogP contribution in [0.5, 0.6) is 5.75 Å². The molecule has 3 rings (SSSR count). The molecule has 2 aromatic rings. The largest absolute Gasteiger partial charge is 0.486 e. The fourth-order valence-corrected chi connectivity index (χ4v) is 3.05. The zero-order valence-electron chi connectivity index (χ0n) is 15.3. The summed E-state index contributed by atoms with van der Waals surface area (Å²) >= 11 is 0. The summed E-state index contributed by atoms with van der Waals surface area (Å²) in [6, 6.07) is 8.13. The lowest BCUT2D eigenvalue weighted by atomic mass is 9.87. The molecule has 0 spiro atoms. The zero-order valence-corrected chi connectivity index (χ0v) is 15.3. The first-order chi connectivity index (χ1) is 11.9. The smallest absolute Gasteiger partial charge is 0.310 e. The first-order valence-electron chi connectivity index (χ1n) is 8.60. The van der Waals surface area contributed by atoms with Crippen LogP contribution in [0.15, 0.2) is 24.3 Å². The SMILES string of the molecule is COC(=O)[C@H]1CCc2nnc(COc3ccc(C(C)(C)C)cc3)n2C1. The van der Waals surface area contributed by atoms with E-state index in [1.807, 2.05) is 16.7 Å². The van der Waals surface area contributed by atoms with Crippen molar-refractivity contribution in [3.05, 3.63) is 41.5 Å². The Morgan fingerprint density at radius 3 is 2.60 bits per heavy atom. The van der Waals surface area contributed by atoms with Crippen molar-refractivity contribution in [3.63, 3.8) is 0 Å². The number of fused-ring (bicyclic) bond motifs is 1. The molecule has 1 atom stereocenters. The van der Waals surface area contributed by atoms with E-state index < -0.39 is 0 Å². The number of benzene rings is 1. The molecule has 6 heteroatoms. The van der Waals surface area contributed by atoms with Gasteiger partial charge in [-0.1, -0.05) is 32.9 Å². The van der Waals surface area contributed by atoms with Gasteiger partial charge >= 0.3 is 5.97 Å². The van der Waals surface area contributed by atoms with E-state index in [4.69, 9.17) is 9.47 Å². The van der Waals surface area contributed by atoms with Crippen molar-refractivity contribution >= 4 is 5.97 Å². The Hall–Kier alpha value is -2.37. The topological polar surface area (TPSA) is 66.2 Å². The van der Waals surface area contributed by atoms with Crippen LogP contribution >= 0.6 is 0 Å². The number of carbonyl (C=O) groups excluding carboxylic acids is 1. The van der Waals surface area contributed by atoms with Gasteiger partial charge in [0.2, 0.25) is 0 Å². The van der Waals surface area contributed by atoms with Crippen molar-refractivity contribution in [2.24, 2.45) is 5.92 Å². The van der Waals surface area contributed by atoms with Crippen LogP contribution in [0.25, 0.3) is 0 Å². The van der Waals surface area contributed by atoms with Gasteiger partial charge in [-0.2, -0.15) is 0 Å². The quantitative estimate of drug-likeness (QED) is 0.799. The van der Waals surface area contributed by atoms with Crippen LogP contribution in [0.2, 0.25) is 0 Å². The maximum atomic E-state index is 11.8. The van der Waals surface area contributed by atoms with Gasteiger partial charge < -0.3 is 14.0 Å². The number of aromatic nitrogens is 3. The number of hydrogen-bond acceptors (Lipinski definition) is 5. The van der Waals surface area contributed by atoms with Crippen molar-refractivity contribution < 1.29 is 14.3 Å². The van der Waals surface area contributed by atoms with E-state index in [1.165, 1.54) is 12.7 Å². The maximum Gasteiger partial charge on any atom is 0.310 e. The van der Waals surface area contributed by atoms with E-state index >= 15 is 0 Å². The highest BCUT2D eigenvalue weighted by Gasteiger charge is 2.28. The molecule has 1 aliphatic heterocycles. The Morgan fingerprint density at radius 2 is 1.96 bits per heavy atom. The number of nitrogens with zero attached hydrogens (tertiary/aromatic N) is 3. The van der Waals surface area contributed by atoms with Gasteiger partial charge in [-0.15, -0.1) is 10.2 Å². The first-order valence-corrected chi connectivity index (χ1v) is 8.60. The van der Waals surface area contributed by atoms with E-state index in [0.29, 0.717) is 13.2 Å². The third-order valence-electron chi connectivity index (χ3n) is 4.65. The molecule has 0 aliphatic carbocycles. The molecule has 1 aliphatic rings. The third kappa shape index (κ3) is 3.83. The number of carbonyl (C=O) groups is 1. The lowest BCUT2D eigenvalue weighted by molar-refractivity contribution is -0.146. The zero-order chi connectivity index (χ0) is 18.0. The van der Waals surface area contributed by atoms with Crippen molar-refractivity contribution in [1.82, 2.24) is 14.8 Å². The second-order valence-electron chi connectivity index (χ2n) is 7.46. The third-order valence-corrected chi connectivity index (χ3v) is 4.65. The van der Waals surface area contributed by atoms with Crippen LogP contribution in [0, 0.1) is 5.92 Å². The number of esters is 1. The Bertz CT molecular complexity index is 744. The van der Waals surface area contributed by atoms with E-state index in [0.717, 1.165) is 30.2 Å². The second kappa shape index (κ2) is 6.86. The lowest BCUT2D eigenvalue weighted by Crippen LogP contribution is -2.29. The number of methoxy groups -OCH3 is 1. The van der Waals surface area contributed by atoms with Gasteiger partial charge in [0.25, 0.3) is 0 Å². The highest BCUT2D eigenvalue weighted by atomic mass is 16.5. The Kier molecular flexibility index (Phi) is 4.79. The van der Waals surface area contributed by atoms with Crippen LogP contribution in [-0.2, 0) is 34.5 Å². The fourth-order valence-electron chi connectivity index (χ4n) is 3.05. The Labute approximate surface area is 148 Å². The number of ether oxygens (including phenoxy) is 2. The molecule has 1 aromatic carbocycles. The van der Waals surface area contributed by atoms with Crippen LogP contribution in [0.4, 0.5) is 0 Å². The normalized spacial score (nSPS) is 17.0. The van der Waals surface area contributed by atoms with Gasteiger partial charge in [0.05, 0.1) is 13.0 Å². The minimum absolute atomic E-state index is 0.119. The van der Waals surface area contributed by atoms with Gasteiger partial charge in [-0.25, -0.2) is 0 Å². The Morgan fingerprint density at radius 1 is 1.24 bits per heavy atom. The minimum Gasteiger partial charge on any atom is -0.486 e. The summed E-state index contributed by atoms with van der Waals surface area (Å²) in [7, 11) is 1.43. The van der Waals surface area contributed by atoms with Crippen LogP contribution in [-0.4, -0.2) is 27.8 Å². The Balaban J connectivity index is 1.67. The average molecular weight is 343 g/mol. The van der Waals surface area contributed by atoms with Gasteiger partial charge in [0.1, 0.15) is 18.2 Å². The highest BCUT2D eigenvalue weighted by molar-refractivity contribution is 5.72. The van der Waals surface area contributed by atoms with E-state index in [9.17, 15) is 4.79 Å². The summed E-state index contributed by atoms with van der Waals surface area (Å²) in [6.45, 7) is 7.43. The molecule has 0 N–H and O–H groups in total. The molecule has 2 heterocycles. The predicted molar refractivity (Wildman–Crippen MR) is 93.3 cm³/mol. The molecule has 0 radical (unpaired) electrons. The summed E-state index contributed by atoms with van der Waals surface area (Å²) in [5.74, 6) is 2.12. The maximum absolute atomic E-state index is 11.8. The highest BCUT2D eigenvalue weighted by Crippen LogP contribution is 2.25. The van der Waals surface area contributed by atoms with Gasteiger partial charge in [-0.3, -0.25) is 4.79 Å². The molecule has 0 fully saturated rings. The fraction of sp³-hybridized carbons (Fsp3) is 0.526. The van der Waals surface area contributed by atoms with Crippen molar-refractivity contribution in [2.45, 2.75) is 52.2 Å². The van der Waals surface area contributed by atoms with E-state index in [1.54, 1.807) is 0 Å². The molecule has 0 saturated carbocycles. The van der Waals surface area contributed by atoms with Gasteiger partial charge in [-0.05, 0) is 29.5 Å². The molecule has 25 heavy (non-hydrogen) atoms. The van der Waals surface area contributed by atoms with Crippen molar-refractivity contribution in [2.75, 3.05) is 7.11 Å². The molecule has 0 saturated heterocycles. The minimum atomic E-state index is -0.177. The molecule has 0 unspecified atom stereocenters. The monoisotopic (exact) mass is 343 g/mol. The molecule has 134 valence electrons. The summed E-state index contributed by atoms with van der Waals surface area (Å²) in [4.78, 5) is 11.8. The van der Waals surface area contributed by atoms with Crippen molar-refractivity contribution in [1.29, 1.82) is 0 Å². The average Bonchev–Trinajstić information content (AvgIpc) is 3.01. The van der Waals surface area contributed by atoms with Gasteiger partial charge in [0, 0.05) is 13.0 Å². The molecule has 6 nitrogen and oxygen atoms in total.